The van der Waals surface area contributed by atoms with Gasteiger partial charge in [-0.2, -0.15) is 0 Å². The van der Waals surface area contributed by atoms with E-state index in [1.165, 1.54) is 77.0 Å². The summed E-state index contributed by atoms with van der Waals surface area (Å²) in [6.07, 6.45) is 30.7. The van der Waals surface area contributed by atoms with Crippen LogP contribution in [-0.4, -0.2) is 0 Å². The number of allylic oxidation sites excluding steroid dienone is 2. The van der Waals surface area contributed by atoms with Gasteiger partial charge in [-0.05, 0) is 110 Å². The number of hydrogen-bond donors (Lipinski definition) is 0. The number of fused-ring (bicyclic) bond motifs is 3. The first-order valence-electron chi connectivity index (χ1n) is 16.7. The zero-order valence-electron chi connectivity index (χ0n) is 24.5. The third-order valence-electron chi connectivity index (χ3n) is 12.3. The fraction of sp³-hybridized carbons (Fsp3) is 0.943. The molecule has 3 fully saturated rings. The molecule has 202 valence electrons. The Morgan fingerprint density at radius 3 is 2.26 bits per heavy atom. The fourth-order valence-corrected chi connectivity index (χ4v) is 10.5. The highest BCUT2D eigenvalue weighted by Gasteiger charge is 2.49. The molecule has 0 radical (unpaired) electrons. The first-order valence-corrected chi connectivity index (χ1v) is 16.7. The third-order valence-corrected chi connectivity index (χ3v) is 12.3. The smallest absolute Gasteiger partial charge is 0.0205 e. The van der Waals surface area contributed by atoms with Crippen molar-refractivity contribution < 1.29 is 0 Å². The maximum Gasteiger partial charge on any atom is -0.0205 e. The molecule has 4 aliphatic rings. The van der Waals surface area contributed by atoms with E-state index < -0.39 is 0 Å². The first kappa shape index (κ1) is 27.8. The summed E-state index contributed by atoms with van der Waals surface area (Å²) in [5.41, 5.74) is 0. The van der Waals surface area contributed by atoms with Crippen LogP contribution < -0.4 is 0 Å². The summed E-state index contributed by atoms with van der Waals surface area (Å²) in [7, 11) is 0. The highest BCUT2D eigenvalue weighted by Crippen LogP contribution is 2.57. The van der Waals surface area contributed by atoms with Crippen LogP contribution in [0.2, 0.25) is 0 Å². The number of rotatable bonds is 8. The topological polar surface area (TPSA) is 0 Å². The van der Waals surface area contributed by atoms with Crippen molar-refractivity contribution in [3.8, 4) is 0 Å². The van der Waals surface area contributed by atoms with E-state index in [2.05, 4.69) is 46.8 Å². The molecule has 0 saturated heterocycles. The van der Waals surface area contributed by atoms with Crippen LogP contribution in [0.25, 0.3) is 0 Å². The minimum absolute atomic E-state index is 0.844. The molecular weight excluding hydrogens is 420 g/mol. The molecule has 0 aliphatic heterocycles. The van der Waals surface area contributed by atoms with Crippen molar-refractivity contribution in [3.63, 3.8) is 0 Å². The first-order chi connectivity index (χ1) is 17.1. The Hall–Kier alpha value is -0.260. The summed E-state index contributed by atoms with van der Waals surface area (Å²) in [4.78, 5) is 0. The average Bonchev–Trinajstić information content (AvgIpc) is 2.87. The van der Waals surface area contributed by atoms with Crippen molar-refractivity contribution in [2.24, 2.45) is 65.1 Å². The summed E-state index contributed by atoms with van der Waals surface area (Å²) < 4.78 is 0. The lowest BCUT2D eigenvalue weighted by atomic mass is 9.50. The van der Waals surface area contributed by atoms with Gasteiger partial charge in [-0.25, -0.2) is 0 Å². The molecule has 2 bridgehead atoms. The van der Waals surface area contributed by atoms with Crippen molar-refractivity contribution in [1.29, 1.82) is 0 Å². The fourth-order valence-electron chi connectivity index (χ4n) is 10.5. The van der Waals surface area contributed by atoms with E-state index in [0.29, 0.717) is 0 Å². The third kappa shape index (κ3) is 6.42. The Balaban J connectivity index is 1.58. The minimum atomic E-state index is 0.844. The maximum atomic E-state index is 2.75. The molecule has 11 atom stereocenters. The Bertz CT molecular complexity index is 632. The highest BCUT2D eigenvalue weighted by atomic mass is 14.5. The largest absolute Gasteiger partial charge is 0.0880 e. The zero-order chi connectivity index (χ0) is 24.8. The summed E-state index contributed by atoms with van der Waals surface area (Å²) in [5, 5.41) is 0. The van der Waals surface area contributed by atoms with E-state index in [1.807, 2.05) is 0 Å². The quantitative estimate of drug-likeness (QED) is 0.302. The van der Waals surface area contributed by atoms with E-state index in [1.54, 1.807) is 32.1 Å². The molecule has 0 heteroatoms. The van der Waals surface area contributed by atoms with Crippen LogP contribution in [0.1, 0.15) is 144 Å². The molecule has 0 aromatic carbocycles. The Kier molecular flexibility index (Phi) is 10.7. The molecule has 0 N–H and O–H groups in total. The molecule has 0 spiro atoms. The van der Waals surface area contributed by atoms with Crippen molar-refractivity contribution in [3.05, 3.63) is 12.2 Å². The van der Waals surface area contributed by atoms with Crippen molar-refractivity contribution >= 4 is 0 Å². The highest BCUT2D eigenvalue weighted by molar-refractivity contribution is 5.03. The number of hydrogen-bond acceptors (Lipinski definition) is 0. The van der Waals surface area contributed by atoms with E-state index in [-0.39, 0.29) is 0 Å². The molecule has 3 saturated carbocycles. The van der Waals surface area contributed by atoms with Crippen LogP contribution in [0.15, 0.2) is 12.2 Å². The van der Waals surface area contributed by atoms with Gasteiger partial charge in [0.2, 0.25) is 0 Å². The molecule has 0 aromatic rings. The van der Waals surface area contributed by atoms with E-state index >= 15 is 0 Å². The van der Waals surface area contributed by atoms with Gasteiger partial charge in [-0.3, -0.25) is 0 Å². The van der Waals surface area contributed by atoms with Crippen molar-refractivity contribution in [2.45, 2.75) is 144 Å². The Morgan fingerprint density at radius 2 is 1.51 bits per heavy atom. The van der Waals surface area contributed by atoms with Crippen LogP contribution in [0, 0.1) is 65.1 Å². The molecule has 4 rings (SSSR count). The van der Waals surface area contributed by atoms with Gasteiger partial charge >= 0.3 is 0 Å². The molecular formula is C35H62. The average molecular weight is 483 g/mol. The van der Waals surface area contributed by atoms with Crippen LogP contribution >= 0.6 is 0 Å². The van der Waals surface area contributed by atoms with E-state index in [9.17, 15) is 0 Å². The summed E-state index contributed by atoms with van der Waals surface area (Å²) in [6.45, 7) is 12.7. The molecule has 4 aliphatic carbocycles. The predicted molar refractivity (Wildman–Crippen MR) is 154 cm³/mol. The normalized spacial score (nSPS) is 44.3. The number of unbranched alkanes of at least 4 members (excludes halogenated alkanes) is 1. The van der Waals surface area contributed by atoms with Gasteiger partial charge in [-0.15, -0.1) is 0 Å². The van der Waals surface area contributed by atoms with Gasteiger partial charge in [0.05, 0.1) is 0 Å². The van der Waals surface area contributed by atoms with Crippen LogP contribution in [0.5, 0.6) is 0 Å². The Labute approximate surface area is 220 Å². The standard InChI is InChI=1S/C35H62/c1-6-9-19-33-26(5)35(31-23-22-29-15-10-11-16-30(29)24-31)34-21-13-18-28(27(8-3)14-7-2)17-12-20-32(33)25(34)4/h13,18,25-35H,6-12,14-17,19-24H2,1-5H3/b18-13-. The second-order valence-electron chi connectivity index (χ2n) is 14.0. The molecule has 0 heterocycles. The van der Waals surface area contributed by atoms with Gasteiger partial charge < -0.3 is 0 Å². The van der Waals surface area contributed by atoms with Gasteiger partial charge in [0.25, 0.3) is 0 Å². The second-order valence-corrected chi connectivity index (χ2v) is 14.0. The molecule has 0 amide bonds. The molecule has 0 nitrogen and oxygen atoms in total. The summed E-state index contributed by atoms with van der Waals surface area (Å²) in [6, 6.07) is 0. The lowest BCUT2D eigenvalue weighted by Crippen LogP contribution is -2.48. The van der Waals surface area contributed by atoms with Crippen LogP contribution in [0.4, 0.5) is 0 Å². The summed E-state index contributed by atoms with van der Waals surface area (Å²) in [5.74, 6) is 10.8. The molecule has 11 unspecified atom stereocenters. The zero-order valence-corrected chi connectivity index (χ0v) is 24.5. The molecule has 35 heavy (non-hydrogen) atoms. The predicted octanol–water partition coefficient (Wildman–Crippen LogP) is 11.1. The second kappa shape index (κ2) is 13.5. The van der Waals surface area contributed by atoms with E-state index in [4.69, 9.17) is 0 Å². The van der Waals surface area contributed by atoms with Gasteiger partial charge in [0.1, 0.15) is 0 Å². The van der Waals surface area contributed by atoms with Crippen LogP contribution in [-0.2, 0) is 0 Å². The Morgan fingerprint density at radius 1 is 0.743 bits per heavy atom. The molecule has 0 aromatic heterocycles. The van der Waals surface area contributed by atoms with Gasteiger partial charge in [0.15, 0.2) is 0 Å². The van der Waals surface area contributed by atoms with Crippen LogP contribution in [0.3, 0.4) is 0 Å². The van der Waals surface area contributed by atoms with E-state index in [0.717, 1.165) is 65.1 Å². The van der Waals surface area contributed by atoms with Crippen molar-refractivity contribution in [2.75, 3.05) is 0 Å². The van der Waals surface area contributed by atoms with Crippen molar-refractivity contribution in [1.82, 2.24) is 0 Å². The van der Waals surface area contributed by atoms with Gasteiger partial charge in [-0.1, -0.05) is 111 Å². The SMILES string of the molecule is CCCCC1C(C)C(C2CCC3CCCCC3C2)C2C/C=C\C(C(CC)CCC)CCCC1C2C. The summed E-state index contributed by atoms with van der Waals surface area (Å²) >= 11 is 0. The van der Waals surface area contributed by atoms with Gasteiger partial charge in [0, 0.05) is 0 Å². The monoisotopic (exact) mass is 482 g/mol. The minimum Gasteiger partial charge on any atom is -0.0880 e. The lowest BCUT2D eigenvalue weighted by molar-refractivity contribution is -0.0608. The lowest BCUT2D eigenvalue weighted by Gasteiger charge is -2.55. The maximum absolute atomic E-state index is 2.75.